The number of methoxy groups -OCH3 is 1. The summed E-state index contributed by atoms with van der Waals surface area (Å²) in [7, 11) is 1.26. The number of nitriles is 1. The molecule has 1 aromatic carbocycles. The summed E-state index contributed by atoms with van der Waals surface area (Å²) in [5, 5.41) is 23.7. The Kier molecular flexibility index (Phi) is 8.07. The number of fused-ring (bicyclic) bond motifs is 1. The lowest BCUT2D eigenvalue weighted by Crippen LogP contribution is -2.42. The maximum absolute atomic E-state index is 12.9. The topological polar surface area (TPSA) is 216 Å². The number of tetrazole rings is 1. The summed E-state index contributed by atoms with van der Waals surface area (Å²) < 4.78 is 6.37. The third-order valence-electron chi connectivity index (χ3n) is 6.05. The lowest BCUT2D eigenvalue weighted by molar-refractivity contribution is -0.143. The Balaban J connectivity index is 1.36. The molecule has 14 nitrogen and oxygen atoms in total. The number of benzene rings is 1. The first-order valence-corrected chi connectivity index (χ1v) is 11.9. The average molecular weight is 518 g/mol. The number of hydrogen-bond acceptors (Lipinski definition) is 11. The fourth-order valence-electron chi connectivity index (χ4n) is 4.08. The Morgan fingerprint density at radius 1 is 1.18 bits per heavy atom. The van der Waals surface area contributed by atoms with E-state index >= 15 is 0 Å². The molecule has 0 spiro atoms. The molecule has 3 aromatic heterocycles. The Hall–Kier alpha value is -5.06. The largest absolute Gasteiger partial charge is 0.467 e. The molecule has 0 aliphatic rings. The molecule has 1 amide bonds. The number of amides is 1. The maximum atomic E-state index is 12.9. The van der Waals surface area contributed by atoms with Gasteiger partial charge in [-0.3, -0.25) is 4.79 Å². The number of nitrogens with zero attached hydrogens (tertiary/aromatic N) is 7. The van der Waals surface area contributed by atoms with E-state index in [1.165, 1.54) is 11.8 Å². The van der Waals surface area contributed by atoms with Gasteiger partial charge in [-0.1, -0.05) is 12.1 Å². The first kappa shape index (κ1) is 26.0. The second-order valence-electron chi connectivity index (χ2n) is 8.52. The molecule has 0 fully saturated rings. The molecule has 0 saturated heterocycles. The first-order chi connectivity index (χ1) is 18.4. The van der Waals surface area contributed by atoms with Crippen LogP contribution in [0.2, 0.25) is 0 Å². The summed E-state index contributed by atoms with van der Waals surface area (Å²) in [6, 6.07) is 8.27. The van der Waals surface area contributed by atoms with Crippen LogP contribution in [-0.2, 0) is 35.3 Å². The zero-order valence-corrected chi connectivity index (χ0v) is 20.7. The maximum Gasteiger partial charge on any atom is 0.328 e. The molecule has 0 aliphatic carbocycles. The second-order valence-corrected chi connectivity index (χ2v) is 8.52. The van der Waals surface area contributed by atoms with Gasteiger partial charge in [-0.15, -0.1) is 5.10 Å². The van der Waals surface area contributed by atoms with Crippen molar-refractivity contribution >= 4 is 34.7 Å². The highest BCUT2D eigenvalue weighted by molar-refractivity contribution is 5.96. The van der Waals surface area contributed by atoms with Crippen LogP contribution in [0.15, 0.2) is 30.5 Å². The van der Waals surface area contributed by atoms with E-state index in [1.807, 2.05) is 24.4 Å². The van der Waals surface area contributed by atoms with Crippen LogP contribution in [0, 0.1) is 11.3 Å². The summed E-state index contributed by atoms with van der Waals surface area (Å²) >= 11 is 0. The van der Waals surface area contributed by atoms with E-state index in [1.54, 1.807) is 12.1 Å². The van der Waals surface area contributed by atoms with Crippen LogP contribution in [0.1, 0.15) is 40.2 Å². The monoisotopic (exact) mass is 517 g/mol. The summed E-state index contributed by atoms with van der Waals surface area (Å²) in [5.41, 5.74) is 14.7. The van der Waals surface area contributed by atoms with Gasteiger partial charge in [0, 0.05) is 18.2 Å². The average Bonchev–Trinajstić information content (AvgIpc) is 3.54. The molecule has 14 heteroatoms. The van der Waals surface area contributed by atoms with E-state index in [2.05, 4.69) is 35.8 Å². The standard InChI is InChI=1S/C24H27N11O3/c1-38-23(37)17(9-10-18-32-33-34-35(18)12-2-11-25)29-22(36)15-6-3-14(4-7-15)5-8-16-13-28-21-19(16)20(26)30-24(27)31-21/h3-4,6-7,13,17H,2,5,8-10,12H2,1H3,(H,29,36)(H5,26,27,28,30,31)/t17-/m0/s1. The number of nitrogens with one attached hydrogen (secondary N) is 2. The summed E-state index contributed by atoms with van der Waals surface area (Å²) in [6.07, 6.45) is 4.02. The molecule has 0 unspecified atom stereocenters. The van der Waals surface area contributed by atoms with Gasteiger partial charge in [0.05, 0.1) is 31.5 Å². The molecule has 0 aliphatic heterocycles. The quantitative estimate of drug-likeness (QED) is 0.203. The van der Waals surface area contributed by atoms with Gasteiger partial charge in [0.1, 0.15) is 17.5 Å². The number of nitrogens with two attached hydrogens (primary N) is 2. The highest BCUT2D eigenvalue weighted by Crippen LogP contribution is 2.24. The van der Waals surface area contributed by atoms with Crippen molar-refractivity contribution in [1.29, 1.82) is 5.26 Å². The molecule has 1 atom stereocenters. The van der Waals surface area contributed by atoms with E-state index in [-0.39, 0.29) is 18.8 Å². The van der Waals surface area contributed by atoms with Crippen molar-refractivity contribution in [2.75, 3.05) is 18.6 Å². The van der Waals surface area contributed by atoms with Crippen molar-refractivity contribution < 1.29 is 14.3 Å². The molecule has 3 heterocycles. The second kappa shape index (κ2) is 11.8. The van der Waals surface area contributed by atoms with Crippen LogP contribution in [-0.4, -0.2) is 60.2 Å². The molecule has 0 bridgehead atoms. The molecule has 4 aromatic rings. The van der Waals surface area contributed by atoms with Crippen LogP contribution in [0.5, 0.6) is 0 Å². The van der Waals surface area contributed by atoms with Crippen molar-refractivity contribution in [3.05, 3.63) is 53.0 Å². The summed E-state index contributed by atoms with van der Waals surface area (Å²) in [4.78, 5) is 36.4. The number of nitrogen functional groups attached to an aromatic ring is 2. The van der Waals surface area contributed by atoms with Gasteiger partial charge in [-0.2, -0.15) is 15.2 Å². The molecule has 38 heavy (non-hydrogen) atoms. The number of ether oxygens (including phenoxy) is 1. The number of H-pyrrole nitrogens is 1. The van der Waals surface area contributed by atoms with E-state index < -0.39 is 17.9 Å². The lowest BCUT2D eigenvalue weighted by atomic mass is 10.0. The zero-order valence-electron chi connectivity index (χ0n) is 20.7. The van der Waals surface area contributed by atoms with Crippen LogP contribution in [0.4, 0.5) is 11.8 Å². The number of carbonyl (C=O) groups is 2. The molecule has 196 valence electrons. The fourth-order valence-corrected chi connectivity index (χ4v) is 4.08. The summed E-state index contributed by atoms with van der Waals surface area (Å²) in [5.74, 6) is -0.0261. The Bertz CT molecular complexity index is 1470. The predicted molar refractivity (Wildman–Crippen MR) is 136 cm³/mol. The minimum atomic E-state index is -0.892. The molecule has 0 radical (unpaired) electrons. The SMILES string of the molecule is COC(=O)[C@H](CCc1nnnn1CCC#N)NC(=O)c1ccc(CCc2c[nH]c3nc(N)nc(N)c23)cc1. The van der Waals surface area contributed by atoms with E-state index in [4.69, 9.17) is 21.5 Å². The normalized spacial score (nSPS) is 11.7. The molecule has 6 N–H and O–H groups in total. The highest BCUT2D eigenvalue weighted by Gasteiger charge is 2.23. The third-order valence-corrected chi connectivity index (χ3v) is 6.05. The van der Waals surface area contributed by atoms with Gasteiger partial charge in [0.2, 0.25) is 5.95 Å². The van der Waals surface area contributed by atoms with Crippen molar-refractivity contribution in [3.8, 4) is 6.07 Å². The number of rotatable bonds is 11. The highest BCUT2D eigenvalue weighted by atomic mass is 16.5. The van der Waals surface area contributed by atoms with Gasteiger partial charge in [0.25, 0.3) is 5.91 Å². The molecular formula is C24H27N11O3. The van der Waals surface area contributed by atoms with Crippen molar-refractivity contribution in [2.45, 2.75) is 44.7 Å². The number of esters is 1. The number of aromatic nitrogens is 7. The van der Waals surface area contributed by atoms with Crippen LogP contribution in [0.3, 0.4) is 0 Å². The minimum Gasteiger partial charge on any atom is -0.467 e. The number of anilines is 2. The van der Waals surface area contributed by atoms with E-state index in [0.717, 1.165) is 16.5 Å². The van der Waals surface area contributed by atoms with Crippen molar-refractivity contribution in [1.82, 2.24) is 40.5 Å². The van der Waals surface area contributed by atoms with Crippen molar-refractivity contribution in [2.24, 2.45) is 0 Å². The zero-order chi connectivity index (χ0) is 27.1. The van der Waals surface area contributed by atoms with Crippen LogP contribution >= 0.6 is 0 Å². The van der Waals surface area contributed by atoms with E-state index in [9.17, 15) is 9.59 Å². The Morgan fingerprint density at radius 2 is 1.97 bits per heavy atom. The van der Waals surface area contributed by atoms with Gasteiger partial charge < -0.3 is 26.5 Å². The minimum absolute atomic E-state index is 0.114. The fraction of sp³-hybridized carbons (Fsp3) is 0.333. The molecular weight excluding hydrogens is 490 g/mol. The number of carbonyl (C=O) groups excluding carboxylic acids is 2. The lowest BCUT2D eigenvalue weighted by Gasteiger charge is -2.16. The summed E-state index contributed by atoms with van der Waals surface area (Å²) in [6.45, 7) is 0.344. The van der Waals surface area contributed by atoms with Gasteiger partial charge in [-0.25, -0.2) is 9.48 Å². The number of aromatic amines is 1. The Labute approximate surface area is 217 Å². The molecule has 4 rings (SSSR count). The van der Waals surface area contributed by atoms with Crippen LogP contribution in [0.25, 0.3) is 11.0 Å². The third kappa shape index (κ3) is 6.01. The van der Waals surface area contributed by atoms with Gasteiger partial charge in [0.15, 0.2) is 5.82 Å². The van der Waals surface area contributed by atoms with Gasteiger partial charge >= 0.3 is 5.97 Å². The van der Waals surface area contributed by atoms with Gasteiger partial charge in [-0.05, 0) is 52.9 Å². The van der Waals surface area contributed by atoms with Crippen LogP contribution < -0.4 is 16.8 Å². The predicted octanol–water partition coefficient (Wildman–Crippen LogP) is 0.712. The first-order valence-electron chi connectivity index (χ1n) is 11.9. The molecule has 0 saturated carbocycles. The smallest absolute Gasteiger partial charge is 0.328 e. The van der Waals surface area contributed by atoms with Crippen molar-refractivity contribution in [3.63, 3.8) is 0 Å². The van der Waals surface area contributed by atoms with E-state index in [0.29, 0.717) is 48.7 Å². The number of hydrogen-bond donors (Lipinski definition) is 4. The Morgan fingerprint density at radius 3 is 2.71 bits per heavy atom. The number of aryl methyl sites for hydroxylation is 4.